The zero-order valence-corrected chi connectivity index (χ0v) is 15.7. The standard InChI is InChI=1S/C20H26O3S/c1-5-12-20(21,14-15-6-8-16(22-2)9-7-15)18-13-17(23-3)10-11-19(18)24-4/h6-11,13,21H,5,12,14H2,1-4H3. The molecule has 4 heteroatoms. The van der Waals surface area contributed by atoms with E-state index in [9.17, 15) is 5.11 Å². The van der Waals surface area contributed by atoms with E-state index in [0.717, 1.165) is 33.9 Å². The Morgan fingerprint density at radius 3 is 2.17 bits per heavy atom. The van der Waals surface area contributed by atoms with Crippen LogP contribution in [0.15, 0.2) is 47.4 Å². The Morgan fingerprint density at radius 2 is 1.62 bits per heavy atom. The molecule has 130 valence electrons. The number of ether oxygens (including phenoxy) is 2. The predicted molar refractivity (Wildman–Crippen MR) is 100 cm³/mol. The molecule has 1 N–H and O–H groups in total. The van der Waals surface area contributed by atoms with Gasteiger partial charge in [0.2, 0.25) is 0 Å². The molecule has 0 aliphatic carbocycles. The third kappa shape index (κ3) is 4.25. The number of thioether (sulfide) groups is 1. The quantitative estimate of drug-likeness (QED) is 0.706. The summed E-state index contributed by atoms with van der Waals surface area (Å²) in [7, 11) is 3.31. The monoisotopic (exact) mass is 346 g/mol. The lowest BCUT2D eigenvalue weighted by Gasteiger charge is -2.31. The van der Waals surface area contributed by atoms with Gasteiger partial charge in [-0.25, -0.2) is 0 Å². The van der Waals surface area contributed by atoms with E-state index in [2.05, 4.69) is 6.92 Å². The van der Waals surface area contributed by atoms with Gasteiger partial charge in [0.05, 0.1) is 19.8 Å². The molecule has 0 aromatic heterocycles. The van der Waals surface area contributed by atoms with Crippen molar-refractivity contribution in [2.24, 2.45) is 0 Å². The van der Waals surface area contributed by atoms with Crippen LogP contribution in [0.4, 0.5) is 0 Å². The minimum absolute atomic E-state index is 0.561. The summed E-state index contributed by atoms with van der Waals surface area (Å²) < 4.78 is 10.6. The van der Waals surface area contributed by atoms with Gasteiger partial charge in [-0.1, -0.05) is 25.5 Å². The lowest BCUT2D eigenvalue weighted by Crippen LogP contribution is -2.29. The molecule has 0 fully saturated rings. The first-order valence-corrected chi connectivity index (χ1v) is 9.36. The Bertz CT molecular complexity index is 654. The highest BCUT2D eigenvalue weighted by molar-refractivity contribution is 7.98. The van der Waals surface area contributed by atoms with Gasteiger partial charge in [0.1, 0.15) is 11.5 Å². The van der Waals surface area contributed by atoms with Gasteiger partial charge in [-0.05, 0) is 48.6 Å². The summed E-state index contributed by atoms with van der Waals surface area (Å²) in [6.45, 7) is 2.10. The van der Waals surface area contributed by atoms with Gasteiger partial charge in [-0.3, -0.25) is 0 Å². The molecule has 0 aliphatic heterocycles. The summed E-state index contributed by atoms with van der Waals surface area (Å²) in [5, 5.41) is 11.5. The number of aliphatic hydroxyl groups is 1. The summed E-state index contributed by atoms with van der Waals surface area (Å²) in [6, 6.07) is 13.8. The molecule has 0 amide bonds. The van der Waals surface area contributed by atoms with Crippen LogP contribution in [0.1, 0.15) is 30.9 Å². The highest BCUT2D eigenvalue weighted by atomic mass is 32.2. The molecule has 1 unspecified atom stereocenters. The average Bonchev–Trinajstić information content (AvgIpc) is 2.62. The van der Waals surface area contributed by atoms with Crippen molar-refractivity contribution in [3.63, 3.8) is 0 Å². The molecule has 0 spiro atoms. The van der Waals surface area contributed by atoms with Crippen molar-refractivity contribution in [3.05, 3.63) is 53.6 Å². The molecule has 0 heterocycles. The molecule has 0 radical (unpaired) electrons. The number of methoxy groups -OCH3 is 2. The third-order valence-corrected chi connectivity index (χ3v) is 5.02. The fraction of sp³-hybridized carbons (Fsp3) is 0.400. The molecule has 0 saturated heterocycles. The first-order valence-electron chi connectivity index (χ1n) is 8.14. The van der Waals surface area contributed by atoms with Crippen molar-refractivity contribution in [1.82, 2.24) is 0 Å². The van der Waals surface area contributed by atoms with Crippen molar-refractivity contribution >= 4 is 11.8 Å². The van der Waals surface area contributed by atoms with E-state index in [0.29, 0.717) is 12.8 Å². The van der Waals surface area contributed by atoms with Crippen LogP contribution in [0.5, 0.6) is 11.5 Å². The second kappa shape index (κ2) is 8.45. The molecule has 3 nitrogen and oxygen atoms in total. The van der Waals surface area contributed by atoms with Crippen molar-refractivity contribution < 1.29 is 14.6 Å². The predicted octanol–water partition coefficient (Wildman–Crippen LogP) is 4.66. The number of benzene rings is 2. The third-order valence-electron chi connectivity index (χ3n) is 4.23. The molecule has 24 heavy (non-hydrogen) atoms. The Labute approximate surface area is 149 Å². The van der Waals surface area contributed by atoms with Gasteiger partial charge in [0, 0.05) is 16.9 Å². The molecular weight excluding hydrogens is 320 g/mol. The van der Waals surface area contributed by atoms with Gasteiger partial charge in [0.25, 0.3) is 0 Å². The first-order chi connectivity index (χ1) is 11.6. The molecule has 2 aromatic rings. The average molecular weight is 346 g/mol. The van der Waals surface area contributed by atoms with Crippen molar-refractivity contribution in [2.45, 2.75) is 36.7 Å². The Balaban J connectivity index is 2.41. The van der Waals surface area contributed by atoms with E-state index >= 15 is 0 Å². The second-order valence-electron chi connectivity index (χ2n) is 5.87. The normalized spacial score (nSPS) is 13.4. The number of rotatable bonds is 8. The van der Waals surface area contributed by atoms with E-state index in [4.69, 9.17) is 9.47 Å². The van der Waals surface area contributed by atoms with E-state index in [-0.39, 0.29) is 0 Å². The highest BCUT2D eigenvalue weighted by Gasteiger charge is 2.31. The van der Waals surface area contributed by atoms with E-state index < -0.39 is 5.60 Å². The smallest absolute Gasteiger partial charge is 0.119 e. The van der Waals surface area contributed by atoms with Gasteiger partial charge < -0.3 is 14.6 Å². The van der Waals surface area contributed by atoms with Crippen LogP contribution in [0.25, 0.3) is 0 Å². The van der Waals surface area contributed by atoms with Crippen molar-refractivity contribution in [3.8, 4) is 11.5 Å². The van der Waals surface area contributed by atoms with Gasteiger partial charge in [0.15, 0.2) is 0 Å². The maximum atomic E-state index is 11.5. The van der Waals surface area contributed by atoms with Crippen LogP contribution in [0.2, 0.25) is 0 Å². The lowest BCUT2D eigenvalue weighted by atomic mass is 9.83. The van der Waals surface area contributed by atoms with Crippen LogP contribution < -0.4 is 9.47 Å². The lowest BCUT2D eigenvalue weighted by molar-refractivity contribution is 0.0241. The SMILES string of the molecule is CCCC(O)(Cc1ccc(OC)cc1)c1cc(OC)ccc1SC. The maximum Gasteiger partial charge on any atom is 0.119 e. The first kappa shape index (κ1) is 18.7. The fourth-order valence-electron chi connectivity index (χ4n) is 2.99. The topological polar surface area (TPSA) is 38.7 Å². The summed E-state index contributed by atoms with van der Waals surface area (Å²) in [4.78, 5) is 1.08. The Morgan fingerprint density at radius 1 is 1.00 bits per heavy atom. The van der Waals surface area contributed by atoms with Gasteiger partial charge in [-0.2, -0.15) is 0 Å². The zero-order valence-electron chi connectivity index (χ0n) is 14.8. The van der Waals surface area contributed by atoms with E-state index in [1.54, 1.807) is 26.0 Å². The molecule has 2 aromatic carbocycles. The second-order valence-corrected chi connectivity index (χ2v) is 6.72. The summed E-state index contributed by atoms with van der Waals surface area (Å²) in [5.41, 5.74) is 1.10. The van der Waals surface area contributed by atoms with Crippen LogP contribution in [-0.4, -0.2) is 25.6 Å². The molecule has 0 saturated carbocycles. The van der Waals surface area contributed by atoms with E-state index in [1.807, 2.05) is 48.7 Å². The Hall–Kier alpha value is -1.65. The highest BCUT2D eigenvalue weighted by Crippen LogP contribution is 2.38. The minimum atomic E-state index is -0.920. The summed E-state index contributed by atoms with van der Waals surface area (Å²) in [6.07, 6.45) is 4.19. The zero-order chi connectivity index (χ0) is 17.6. The summed E-state index contributed by atoms with van der Waals surface area (Å²) in [5.74, 6) is 1.59. The number of hydrogen-bond donors (Lipinski definition) is 1. The van der Waals surface area contributed by atoms with Crippen LogP contribution in [-0.2, 0) is 12.0 Å². The maximum absolute atomic E-state index is 11.5. The van der Waals surface area contributed by atoms with Gasteiger partial charge >= 0.3 is 0 Å². The molecular formula is C20H26O3S. The molecule has 2 rings (SSSR count). The van der Waals surface area contributed by atoms with E-state index in [1.165, 1.54) is 0 Å². The minimum Gasteiger partial charge on any atom is -0.497 e. The Kier molecular flexibility index (Phi) is 6.58. The van der Waals surface area contributed by atoms with Crippen LogP contribution >= 0.6 is 11.8 Å². The fourth-order valence-corrected chi connectivity index (χ4v) is 3.66. The summed E-state index contributed by atoms with van der Waals surface area (Å²) >= 11 is 1.65. The number of hydrogen-bond acceptors (Lipinski definition) is 4. The largest absolute Gasteiger partial charge is 0.497 e. The van der Waals surface area contributed by atoms with Crippen LogP contribution in [0, 0.1) is 0 Å². The van der Waals surface area contributed by atoms with Gasteiger partial charge in [-0.15, -0.1) is 11.8 Å². The van der Waals surface area contributed by atoms with Crippen LogP contribution in [0.3, 0.4) is 0 Å². The molecule has 0 bridgehead atoms. The molecule has 0 aliphatic rings. The molecule has 1 atom stereocenters. The van der Waals surface area contributed by atoms with Crippen molar-refractivity contribution in [1.29, 1.82) is 0 Å². The van der Waals surface area contributed by atoms with Crippen molar-refractivity contribution in [2.75, 3.05) is 20.5 Å².